The van der Waals surface area contributed by atoms with Crippen LogP contribution in [0, 0.1) is 11.8 Å². The normalized spacial score (nSPS) is 19.9. The molecule has 1 fully saturated rings. The number of amides is 2. The van der Waals surface area contributed by atoms with Gasteiger partial charge < -0.3 is 20.1 Å². The Morgan fingerprint density at radius 2 is 1.63 bits per heavy atom. The molecular formula is C20H36N2O5. The van der Waals surface area contributed by atoms with Crippen LogP contribution in [0.5, 0.6) is 0 Å². The van der Waals surface area contributed by atoms with Gasteiger partial charge in [0.2, 0.25) is 11.8 Å². The minimum absolute atomic E-state index is 0.0167. The second-order valence-electron chi connectivity index (χ2n) is 7.75. The molecule has 1 rings (SSSR count). The molecule has 0 atom stereocenters. The van der Waals surface area contributed by atoms with Gasteiger partial charge in [-0.15, -0.1) is 0 Å². The van der Waals surface area contributed by atoms with E-state index in [4.69, 9.17) is 9.47 Å². The molecule has 0 aromatic carbocycles. The zero-order chi connectivity index (χ0) is 20.2. The Morgan fingerprint density at radius 1 is 0.963 bits per heavy atom. The van der Waals surface area contributed by atoms with Gasteiger partial charge in [-0.2, -0.15) is 0 Å². The Balaban J connectivity index is 2.05. The van der Waals surface area contributed by atoms with Gasteiger partial charge in [0.25, 0.3) is 0 Å². The maximum absolute atomic E-state index is 12.0. The highest BCUT2D eigenvalue weighted by Gasteiger charge is 2.28. The highest BCUT2D eigenvalue weighted by atomic mass is 16.5. The summed E-state index contributed by atoms with van der Waals surface area (Å²) >= 11 is 0. The molecule has 0 aromatic rings. The Bertz CT molecular complexity index is 471. The molecular weight excluding hydrogens is 348 g/mol. The average molecular weight is 385 g/mol. The SMILES string of the molecule is CC(C)OCCC(=O)NCCOCC(=O)N[C@H]1CC[C@H](C(=O)C(C)C)CC1. The summed E-state index contributed by atoms with van der Waals surface area (Å²) in [5.41, 5.74) is 0. The first-order valence-corrected chi connectivity index (χ1v) is 10.1. The summed E-state index contributed by atoms with van der Waals surface area (Å²) in [6.45, 7) is 8.77. The van der Waals surface area contributed by atoms with Crippen molar-refractivity contribution in [1.82, 2.24) is 10.6 Å². The zero-order valence-electron chi connectivity index (χ0n) is 17.2. The summed E-state index contributed by atoms with van der Waals surface area (Å²) in [7, 11) is 0. The van der Waals surface area contributed by atoms with Gasteiger partial charge in [-0.1, -0.05) is 13.8 Å². The van der Waals surface area contributed by atoms with E-state index >= 15 is 0 Å². The molecule has 0 unspecified atom stereocenters. The number of nitrogens with one attached hydrogen (secondary N) is 2. The standard InChI is InChI=1S/C20H36N2O5/c1-14(2)20(25)16-5-7-17(8-6-16)22-19(24)13-26-12-10-21-18(23)9-11-27-15(3)4/h14-17H,5-13H2,1-4H3,(H,21,23)(H,22,24)/t16-,17-. The molecule has 27 heavy (non-hydrogen) atoms. The smallest absolute Gasteiger partial charge is 0.246 e. The molecule has 7 nitrogen and oxygen atoms in total. The third kappa shape index (κ3) is 10.4. The molecule has 0 bridgehead atoms. The number of ketones is 1. The maximum atomic E-state index is 12.0. The number of hydrogen-bond acceptors (Lipinski definition) is 5. The van der Waals surface area contributed by atoms with Crippen molar-refractivity contribution in [3.63, 3.8) is 0 Å². The highest BCUT2D eigenvalue weighted by molar-refractivity contribution is 5.83. The summed E-state index contributed by atoms with van der Waals surface area (Å²) in [6.07, 6.45) is 3.79. The predicted molar refractivity (Wildman–Crippen MR) is 103 cm³/mol. The molecule has 2 amide bonds. The summed E-state index contributed by atoms with van der Waals surface area (Å²) in [5.74, 6) is 0.323. The van der Waals surface area contributed by atoms with Crippen molar-refractivity contribution in [2.75, 3.05) is 26.4 Å². The van der Waals surface area contributed by atoms with Crippen molar-refractivity contribution in [2.24, 2.45) is 11.8 Å². The first kappa shape index (κ1) is 23.6. The topological polar surface area (TPSA) is 93.7 Å². The number of carbonyl (C=O) groups excluding carboxylic acids is 3. The largest absolute Gasteiger partial charge is 0.378 e. The molecule has 7 heteroatoms. The van der Waals surface area contributed by atoms with Crippen LogP contribution in [0.4, 0.5) is 0 Å². The number of carbonyl (C=O) groups is 3. The Morgan fingerprint density at radius 3 is 2.22 bits per heavy atom. The first-order chi connectivity index (χ1) is 12.8. The van der Waals surface area contributed by atoms with Crippen molar-refractivity contribution in [3.05, 3.63) is 0 Å². The van der Waals surface area contributed by atoms with Crippen LogP contribution in [-0.2, 0) is 23.9 Å². The maximum Gasteiger partial charge on any atom is 0.246 e. The summed E-state index contributed by atoms with van der Waals surface area (Å²) in [6, 6.07) is 0.123. The molecule has 1 aliphatic carbocycles. The summed E-state index contributed by atoms with van der Waals surface area (Å²) in [4.78, 5) is 35.5. The van der Waals surface area contributed by atoms with Crippen LogP contribution < -0.4 is 10.6 Å². The van der Waals surface area contributed by atoms with Crippen molar-refractivity contribution >= 4 is 17.6 Å². The Hall–Kier alpha value is -1.47. The number of ether oxygens (including phenoxy) is 2. The Kier molecular flexibility index (Phi) is 11.2. The van der Waals surface area contributed by atoms with Crippen LogP contribution in [0.1, 0.15) is 59.8 Å². The van der Waals surface area contributed by atoms with Crippen LogP contribution in [0.15, 0.2) is 0 Å². The molecule has 2 N–H and O–H groups in total. The predicted octanol–water partition coefficient (Wildman–Crippen LogP) is 1.83. The molecule has 0 aromatic heterocycles. The van der Waals surface area contributed by atoms with Gasteiger partial charge in [0.05, 0.1) is 19.3 Å². The second kappa shape index (κ2) is 12.8. The van der Waals surface area contributed by atoms with E-state index in [9.17, 15) is 14.4 Å². The molecule has 0 radical (unpaired) electrons. The molecule has 0 spiro atoms. The number of hydrogen-bond donors (Lipinski definition) is 2. The monoisotopic (exact) mass is 384 g/mol. The van der Waals surface area contributed by atoms with Gasteiger partial charge in [0, 0.05) is 30.8 Å². The van der Waals surface area contributed by atoms with Crippen molar-refractivity contribution < 1.29 is 23.9 Å². The lowest BCUT2D eigenvalue weighted by Crippen LogP contribution is -2.41. The van der Waals surface area contributed by atoms with Gasteiger partial charge in [0.15, 0.2) is 0 Å². The fourth-order valence-electron chi connectivity index (χ4n) is 3.17. The first-order valence-electron chi connectivity index (χ1n) is 10.1. The lowest BCUT2D eigenvalue weighted by Gasteiger charge is -2.29. The highest BCUT2D eigenvalue weighted by Crippen LogP contribution is 2.27. The Labute approximate surface area is 162 Å². The third-order valence-corrected chi connectivity index (χ3v) is 4.65. The van der Waals surface area contributed by atoms with Gasteiger partial charge >= 0.3 is 0 Å². The van der Waals surface area contributed by atoms with E-state index in [0.29, 0.717) is 32.0 Å². The fourth-order valence-corrected chi connectivity index (χ4v) is 3.17. The zero-order valence-corrected chi connectivity index (χ0v) is 17.2. The van der Waals surface area contributed by atoms with E-state index in [0.717, 1.165) is 25.7 Å². The molecule has 0 heterocycles. The van der Waals surface area contributed by atoms with Crippen LogP contribution in [0.3, 0.4) is 0 Å². The number of rotatable bonds is 12. The van der Waals surface area contributed by atoms with E-state index in [1.54, 1.807) is 0 Å². The number of Topliss-reactive ketones (excluding diaryl/α,β-unsaturated/α-hetero) is 1. The van der Waals surface area contributed by atoms with E-state index in [1.807, 2.05) is 27.7 Å². The van der Waals surface area contributed by atoms with E-state index < -0.39 is 0 Å². The van der Waals surface area contributed by atoms with Crippen molar-refractivity contribution in [2.45, 2.75) is 71.9 Å². The van der Waals surface area contributed by atoms with E-state index in [1.165, 1.54) is 0 Å². The molecule has 0 saturated heterocycles. The van der Waals surface area contributed by atoms with E-state index in [-0.39, 0.29) is 42.4 Å². The van der Waals surface area contributed by atoms with E-state index in [2.05, 4.69) is 10.6 Å². The molecule has 1 saturated carbocycles. The van der Waals surface area contributed by atoms with Crippen LogP contribution in [0.25, 0.3) is 0 Å². The summed E-state index contributed by atoms with van der Waals surface area (Å²) in [5, 5.41) is 5.69. The van der Waals surface area contributed by atoms with Crippen LogP contribution in [-0.4, -0.2) is 56.1 Å². The fraction of sp³-hybridized carbons (Fsp3) is 0.850. The second-order valence-corrected chi connectivity index (χ2v) is 7.75. The quantitative estimate of drug-likeness (QED) is 0.501. The molecule has 156 valence electrons. The van der Waals surface area contributed by atoms with Gasteiger partial charge in [-0.3, -0.25) is 14.4 Å². The third-order valence-electron chi connectivity index (χ3n) is 4.65. The lowest BCUT2D eigenvalue weighted by atomic mass is 9.80. The van der Waals surface area contributed by atoms with Crippen LogP contribution >= 0.6 is 0 Å². The molecule has 1 aliphatic rings. The van der Waals surface area contributed by atoms with Crippen LogP contribution in [0.2, 0.25) is 0 Å². The minimum Gasteiger partial charge on any atom is -0.378 e. The van der Waals surface area contributed by atoms with Gasteiger partial charge in [-0.25, -0.2) is 0 Å². The minimum atomic E-state index is -0.148. The van der Waals surface area contributed by atoms with Gasteiger partial charge in [-0.05, 0) is 39.5 Å². The van der Waals surface area contributed by atoms with Crippen molar-refractivity contribution in [3.8, 4) is 0 Å². The van der Waals surface area contributed by atoms with Gasteiger partial charge in [0.1, 0.15) is 12.4 Å². The van der Waals surface area contributed by atoms with Crippen molar-refractivity contribution in [1.29, 1.82) is 0 Å². The lowest BCUT2D eigenvalue weighted by molar-refractivity contribution is -0.127. The average Bonchev–Trinajstić information content (AvgIpc) is 2.61. The summed E-state index contributed by atoms with van der Waals surface area (Å²) < 4.78 is 10.6. The molecule has 0 aliphatic heterocycles.